The van der Waals surface area contributed by atoms with Crippen LogP contribution >= 0.6 is 15.9 Å². The summed E-state index contributed by atoms with van der Waals surface area (Å²) in [5.41, 5.74) is 3.58. The summed E-state index contributed by atoms with van der Waals surface area (Å²) in [4.78, 5) is 12.1. The number of halogens is 1. The van der Waals surface area contributed by atoms with Crippen LogP contribution in [-0.4, -0.2) is 17.3 Å². The second-order valence-electron chi connectivity index (χ2n) is 4.40. The SMILES string of the molecule is CCC(Br)CNC(=O)Cc1ccc(C)c(C)c1. The van der Waals surface area contributed by atoms with Gasteiger partial charge in [-0.15, -0.1) is 0 Å². The molecule has 1 N–H and O–H groups in total. The predicted molar refractivity (Wildman–Crippen MR) is 75.6 cm³/mol. The maximum absolute atomic E-state index is 11.7. The number of carbonyl (C=O) groups is 1. The number of benzene rings is 1. The number of hydrogen-bond acceptors (Lipinski definition) is 1. The molecule has 0 aromatic heterocycles. The first-order chi connectivity index (χ1) is 8.02. The number of alkyl halides is 1. The van der Waals surface area contributed by atoms with E-state index in [1.54, 1.807) is 0 Å². The summed E-state index contributed by atoms with van der Waals surface area (Å²) >= 11 is 3.50. The van der Waals surface area contributed by atoms with E-state index in [1.807, 2.05) is 6.07 Å². The van der Waals surface area contributed by atoms with Gasteiger partial charge in [-0.2, -0.15) is 0 Å². The van der Waals surface area contributed by atoms with Gasteiger partial charge >= 0.3 is 0 Å². The summed E-state index contributed by atoms with van der Waals surface area (Å²) in [6.45, 7) is 6.94. The molecular formula is C14H20BrNO. The fourth-order valence-corrected chi connectivity index (χ4v) is 1.69. The van der Waals surface area contributed by atoms with E-state index in [1.165, 1.54) is 11.1 Å². The van der Waals surface area contributed by atoms with Crippen molar-refractivity contribution in [1.82, 2.24) is 5.32 Å². The smallest absolute Gasteiger partial charge is 0.224 e. The summed E-state index contributed by atoms with van der Waals surface area (Å²) < 4.78 is 0. The molecule has 1 aromatic carbocycles. The maximum atomic E-state index is 11.7. The van der Waals surface area contributed by atoms with Crippen LogP contribution in [0.5, 0.6) is 0 Å². The van der Waals surface area contributed by atoms with E-state index in [4.69, 9.17) is 0 Å². The number of aryl methyl sites for hydroxylation is 2. The molecule has 0 bridgehead atoms. The highest BCUT2D eigenvalue weighted by Gasteiger charge is 2.06. The summed E-state index contributed by atoms with van der Waals surface area (Å²) in [5, 5.41) is 2.93. The van der Waals surface area contributed by atoms with Crippen LogP contribution < -0.4 is 5.32 Å². The zero-order valence-electron chi connectivity index (χ0n) is 10.7. The number of nitrogens with one attached hydrogen (secondary N) is 1. The molecule has 1 aromatic rings. The second-order valence-corrected chi connectivity index (χ2v) is 5.70. The Morgan fingerprint density at radius 2 is 2.06 bits per heavy atom. The monoisotopic (exact) mass is 297 g/mol. The Bertz CT molecular complexity index is 390. The van der Waals surface area contributed by atoms with Crippen LogP contribution in [-0.2, 0) is 11.2 Å². The number of hydrogen-bond donors (Lipinski definition) is 1. The largest absolute Gasteiger partial charge is 0.355 e. The third-order valence-electron chi connectivity index (χ3n) is 2.90. The molecule has 1 atom stereocenters. The Labute approximate surface area is 112 Å². The van der Waals surface area contributed by atoms with E-state index >= 15 is 0 Å². The highest BCUT2D eigenvalue weighted by atomic mass is 79.9. The van der Waals surface area contributed by atoms with Crippen molar-refractivity contribution >= 4 is 21.8 Å². The van der Waals surface area contributed by atoms with Gasteiger partial charge in [-0.05, 0) is 37.0 Å². The molecule has 0 aliphatic heterocycles. The van der Waals surface area contributed by atoms with Gasteiger partial charge in [-0.3, -0.25) is 4.79 Å². The molecule has 1 unspecified atom stereocenters. The number of carbonyl (C=O) groups excluding carboxylic acids is 1. The summed E-state index contributed by atoms with van der Waals surface area (Å²) in [6.07, 6.45) is 1.48. The van der Waals surface area contributed by atoms with Crippen LogP contribution in [0.4, 0.5) is 0 Å². The average Bonchev–Trinajstić information content (AvgIpc) is 2.31. The van der Waals surface area contributed by atoms with E-state index in [2.05, 4.69) is 54.2 Å². The lowest BCUT2D eigenvalue weighted by atomic mass is 10.0. The first-order valence-corrected chi connectivity index (χ1v) is 6.91. The van der Waals surface area contributed by atoms with Crippen molar-refractivity contribution in [2.45, 2.75) is 38.4 Å². The topological polar surface area (TPSA) is 29.1 Å². The van der Waals surface area contributed by atoms with Gasteiger partial charge in [0.1, 0.15) is 0 Å². The molecular weight excluding hydrogens is 278 g/mol. The normalized spacial score (nSPS) is 12.2. The van der Waals surface area contributed by atoms with Crippen molar-refractivity contribution in [3.05, 3.63) is 34.9 Å². The first kappa shape index (κ1) is 14.2. The Hall–Kier alpha value is -0.830. The van der Waals surface area contributed by atoms with Gasteiger partial charge in [0.25, 0.3) is 0 Å². The van der Waals surface area contributed by atoms with Gasteiger partial charge in [0.05, 0.1) is 6.42 Å². The number of rotatable bonds is 5. The van der Waals surface area contributed by atoms with Crippen molar-refractivity contribution in [1.29, 1.82) is 0 Å². The molecule has 0 fully saturated rings. The van der Waals surface area contributed by atoms with Crippen molar-refractivity contribution in [2.24, 2.45) is 0 Å². The van der Waals surface area contributed by atoms with E-state index in [-0.39, 0.29) is 5.91 Å². The number of amides is 1. The molecule has 0 aliphatic rings. The van der Waals surface area contributed by atoms with Crippen LogP contribution in [0.2, 0.25) is 0 Å². The highest BCUT2D eigenvalue weighted by molar-refractivity contribution is 9.09. The van der Waals surface area contributed by atoms with Crippen molar-refractivity contribution in [3.63, 3.8) is 0 Å². The fourth-order valence-electron chi connectivity index (χ4n) is 1.53. The van der Waals surface area contributed by atoms with Gasteiger partial charge in [0, 0.05) is 11.4 Å². The fraction of sp³-hybridized carbons (Fsp3) is 0.500. The van der Waals surface area contributed by atoms with Gasteiger partial charge in [-0.25, -0.2) is 0 Å². The lowest BCUT2D eigenvalue weighted by Gasteiger charge is -2.09. The molecule has 1 amide bonds. The highest BCUT2D eigenvalue weighted by Crippen LogP contribution is 2.10. The van der Waals surface area contributed by atoms with E-state index in [9.17, 15) is 4.79 Å². The molecule has 0 aliphatic carbocycles. The van der Waals surface area contributed by atoms with E-state index in [0.29, 0.717) is 17.8 Å². The lowest BCUT2D eigenvalue weighted by Crippen LogP contribution is -2.30. The summed E-state index contributed by atoms with van der Waals surface area (Å²) in [6, 6.07) is 6.17. The molecule has 2 nitrogen and oxygen atoms in total. The first-order valence-electron chi connectivity index (χ1n) is 5.99. The molecule has 0 saturated carbocycles. The molecule has 94 valence electrons. The second kappa shape index (κ2) is 6.80. The Morgan fingerprint density at radius 1 is 1.35 bits per heavy atom. The van der Waals surface area contributed by atoms with Crippen LogP contribution in [0, 0.1) is 13.8 Å². The molecule has 1 rings (SSSR count). The maximum Gasteiger partial charge on any atom is 0.224 e. The average molecular weight is 298 g/mol. The van der Waals surface area contributed by atoms with Crippen LogP contribution in [0.1, 0.15) is 30.0 Å². The Morgan fingerprint density at radius 3 is 2.65 bits per heavy atom. The minimum atomic E-state index is 0.0890. The standard InChI is InChI=1S/C14H20BrNO/c1-4-13(15)9-16-14(17)8-12-6-5-10(2)11(3)7-12/h5-7,13H,4,8-9H2,1-3H3,(H,16,17). The van der Waals surface area contributed by atoms with E-state index in [0.717, 1.165) is 12.0 Å². The molecule has 3 heteroatoms. The molecule has 0 heterocycles. The van der Waals surface area contributed by atoms with Crippen LogP contribution in [0.15, 0.2) is 18.2 Å². The van der Waals surface area contributed by atoms with Gasteiger partial charge in [0.15, 0.2) is 0 Å². The molecule has 17 heavy (non-hydrogen) atoms. The summed E-state index contributed by atoms with van der Waals surface area (Å²) in [5.74, 6) is 0.0890. The zero-order chi connectivity index (χ0) is 12.8. The molecule has 0 saturated heterocycles. The van der Waals surface area contributed by atoms with Gasteiger partial charge in [0.2, 0.25) is 5.91 Å². The quantitative estimate of drug-likeness (QED) is 0.831. The van der Waals surface area contributed by atoms with Crippen molar-refractivity contribution in [2.75, 3.05) is 6.54 Å². The molecule has 0 spiro atoms. The predicted octanol–water partition coefficient (Wildman–Crippen LogP) is 3.14. The van der Waals surface area contributed by atoms with Gasteiger partial charge < -0.3 is 5.32 Å². The van der Waals surface area contributed by atoms with Crippen LogP contribution in [0.3, 0.4) is 0 Å². The lowest BCUT2D eigenvalue weighted by molar-refractivity contribution is -0.120. The third kappa shape index (κ3) is 4.90. The minimum Gasteiger partial charge on any atom is -0.355 e. The van der Waals surface area contributed by atoms with Crippen molar-refractivity contribution in [3.8, 4) is 0 Å². The molecule has 0 radical (unpaired) electrons. The summed E-state index contributed by atoms with van der Waals surface area (Å²) in [7, 11) is 0. The van der Waals surface area contributed by atoms with Crippen molar-refractivity contribution < 1.29 is 4.79 Å². The third-order valence-corrected chi connectivity index (χ3v) is 3.87. The Kier molecular flexibility index (Phi) is 5.69. The van der Waals surface area contributed by atoms with Crippen LogP contribution in [0.25, 0.3) is 0 Å². The van der Waals surface area contributed by atoms with Gasteiger partial charge in [-0.1, -0.05) is 41.1 Å². The van der Waals surface area contributed by atoms with E-state index < -0.39 is 0 Å². The zero-order valence-corrected chi connectivity index (χ0v) is 12.3. The minimum absolute atomic E-state index is 0.0890. The Balaban J connectivity index is 2.48.